The predicted molar refractivity (Wildman–Crippen MR) is 91.3 cm³/mol. The van der Waals surface area contributed by atoms with Crippen molar-refractivity contribution < 1.29 is 9.26 Å². The van der Waals surface area contributed by atoms with E-state index in [1.54, 1.807) is 25.6 Å². The van der Waals surface area contributed by atoms with Gasteiger partial charge in [0.1, 0.15) is 5.56 Å². The second kappa shape index (κ2) is 6.00. The number of anilines is 2. The molecule has 0 bridgehead atoms. The van der Waals surface area contributed by atoms with Gasteiger partial charge in [-0.15, -0.1) is 0 Å². The minimum Gasteiger partial charge on any atom is -0.480 e. The van der Waals surface area contributed by atoms with Crippen LogP contribution in [0, 0.1) is 0 Å². The molecule has 1 N–H and O–H groups in total. The Hall–Kier alpha value is -3.41. The highest BCUT2D eigenvalue weighted by atomic mass is 16.5. The van der Waals surface area contributed by atoms with Crippen LogP contribution < -0.4 is 10.1 Å². The first-order chi connectivity index (χ1) is 11.8. The number of methoxy groups -OCH3 is 1. The number of rotatable bonds is 4. The molecule has 2 aromatic heterocycles. The largest absolute Gasteiger partial charge is 0.480 e. The molecule has 0 fully saturated rings. The monoisotopic (exact) mass is 318 g/mol. The molecule has 0 saturated heterocycles. The van der Waals surface area contributed by atoms with Crippen LogP contribution in [-0.4, -0.2) is 22.2 Å². The third-order valence-electron chi connectivity index (χ3n) is 3.69. The smallest absolute Gasteiger partial charge is 0.230 e. The van der Waals surface area contributed by atoms with Crippen molar-refractivity contribution in [3.63, 3.8) is 0 Å². The molecule has 24 heavy (non-hydrogen) atoms. The minimum absolute atomic E-state index is 0.421. The normalized spacial score (nSPS) is 10.7. The van der Waals surface area contributed by atoms with Gasteiger partial charge in [0.15, 0.2) is 5.76 Å². The highest BCUT2D eigenvalue weighted by Gasteiger charge is 2.13. The molecule has 0 aliphatic heterocycles. The van der Waals surface area contributed by atoms with Crippen LogP contribution in [0.4, 0.5) is 11.6 Å². The number of benzene rings is 2. The van der Waals surface area contributed by atoms with E-state index in [2.05, 4.69) is 38.6 Å². The molecule has 118 valence electrons. The third kappa shape index (κ3) is 2.54. The fraction of sp³-hybridized carbons (Fsp3) is 0.0556. The van der Waals surface area contributed by atoms with Gasteiger partial charge in [-0.1, -0.05) is 41.6 Å². The molecule has 0 radical (unpaired) electrons. The van der Waals surface area contributed by atoms with Crippen molar-refractivity contribution in [3.05, 3.63) is 60.9 Å². The fourth-order valence-corrected chi connectivity index (χ4v) is 2.56. The molecule has 0 unspecified atom stereocenters. The van der Waals surface area contributed by atoms with Gasteiger partial charge < -0.3 is 14.6 Å². The quantitative estimate of drug-likeness (QED) is 0.612. The average molecular weight is 318 g/mol. The molecule has 0 spiro atoms. The summed E-state index contributed by atoms with van der Waals surface area (Å²) in [6.07, 6.45) is 3.22. The van der Waals surface area contributed by atoms with Gasteiger partial charge in [-0.05, 0) is 11.5 Å². The average Bonchev–Trinajstić information content (AvgIpc) is 3.16. The molecule has 2 heterocycles. The number of hydrogen-bond donors (Lipinski definition) is 1. The maximum atomic E-state index is 5.36. The highest BCUT2D eigenvalue weighted by molar-refractivity contribution is 5.94. The second-order valence-corrected chi connectivity index (χ2v) is 5.14. The molecule has 4 aromatic rings. The molecule has 6 heteroatoms. The third-order valence-corrected chi connectivity index (χ3v) is 3.69. The molecule has 0 saturated carbocycles. The van der Waals surface area contributed by atoms with Crippen LogP contribution in [0.15, 0.2) is 65.4 Å². The Labute approximate surface area is 138 Å². The van der Waals surface area contributed by atoms with E-state index < -0.39 is 0 Å². The summed E-state index contributed by atoms with van der Waals surface area (Å²) in [5.74, 6) is 1.43. The van der Waals surface area contributed by atoms with Crippen molar-refractivity contribution in [2.24, 2.45) is 0 Å². The van der Waals surface area contributed by atoms with E-state index in [1.807, 2.05) is 24.3 Å². The number of nitrogens with one attached hydrogen (secondary N) is 1. The van der Waals surface area contributed by atoms with Gasteiger partial charge in [0.2, 0.25) is 11.8 Å². The van der Waals surface area contributed by atoms with Crippen LogP contribution in [-0.2, 0) is 0 Å². The zero-order chi connectivity index (χ0) is 16.4. The zero-order valence-corrected chi connectivity index (χ0v) is 12.9. The highest BCUT2D eigenvalue weighted by Crippen LogP contribution is 2.30. The van der Waals surface area contributed by atoms with Crippen molar-refractivity contribution in [1.82, 2.24) is 15.1 Å². The van der Waals surface area contributed by atoms with Gasteiger partial charge in [-0.3, -0.25) is 0 Å². The number of hydrogen-bond acceptors (Lipinski definition) is 6. The summed E-state index contributed by atoms with van der Waals surface area (Å²) in [5, 5.41) is 9.19. The molecular formula is C18H14N4O2. The van der Waals surface area contributed by atoms with Crippen molar-refractivity contribution in [2.75, 3.05) is 12.4 Å². The van der Waals surface area contributed by atoms with Gasteiger partial charge in [0.05, 0.1) is 13.3 Å². The van der Waals surface area contributed by atoms with Crippen molar-refractivity contribution in [1.29, 1.82) is 0 Å². The summed E-state index contributed by atoms with van der Waals surface area (Å²) in [6.45, 7) is 0. The Morgan fingerprint density at radius 1 is 1.04 bits per heavy atom. The van der Waals surface area contributed by atoms with Gasteiger partial charge in [-0.2, -0.15) is 4.98 Å². The molecule has 0 amide bonds. The van der Waals surface area contributed by atoms with Gasteiger partial charge in [0, 0.05) is 23.3 Å². The Balaban J connectivity index is 1.72. The maximum absolute atomic E-state index is 5.36. The van der Waals surface area contributed by atoms with Crippen LogP contribution in [0.3, 0.4) is 0 Å². The van der Waals surface area contributed by atoms with E-state index in [0.29, 0.717) is 23.2 Å². The molecule has 0 aliphatic rings. The van der Waals surface area contributed by atoms with E-state index in [4.69, 9.17) is 9.26 Å². The van der Waals surface area contributed by atoms with E-state index in [0.717, 1.165) is 16.5 Å². The first kappa shape index (κ1) is 14.2. The Kier molecular flexibility index (Phi) is 3.55. The molecule has 2 aromatic carbocycles. The molecule has 0 aliphatic carbocycles. The van der Waals surface area contributed by atoms with Gasteiger partial charge in [0.25, 0.3) is 0 Å². The summed E-state index contributed by atoms with van der Waals surface area (Å²) in [5.41, 5.74) is 1.58. The summed E-state index contributed by atoms with van der Waals surface area (Å²) in [4.78, 5) is 8.77. The van der Waals surface area contributed by atoms with Crippen molar-refractivity contribution >= 4 is 22.4 Å². The summed E-state index contributed by atoms with van der Waals surface area (Å²) < 4.78 is 10.5. The summed E-state index contributed by atoms with van der Waals surface area (Å²) >= 11 is 0. The number of aromatic nitrogens is 3. The Bertz CT molecular complexity index is 978. The van der Waals surface area contributed by atoms with Crippen LogP contribution >= 0.6 is 0 Å². The first-order valence-corrected chi connectivity index (χ1v) is 7.42. The van der Waals surface area contributed by atoms with E-state index in [9.17, 15) is 0 Å². The standard InChI is InChI=1S/C18H14N4O2/c1-23-17-14(16-9-10-20-24-16)11-19-18(22-17)21-15-8-4-6-12-5-2-3-7-13(12)15/h2-11H,1H3,(H,19,21,22). The van der Waals surface area contributed by atoms with Crippen LogP contribution in [0.2, 0.25) is 0 Å². The van der Waals surface area contributed by atoms with Crippen LogP contribution in [0.25, 0.3) is 22.1 Å². The number of nitrogens with zero attached hydrogens (tertiary/aromatic N) is 3. The molecule has 0 atom stereocenters. The second-order valence-electron chi connectivity index (χ2n) is 5.14. The summed E-state index contributed by atoms with van der Waals surface area (Å²) in [6, 6.07) is 15.9. The van der Waals surface area contributed by atoms with E-state index in [1.165, 1.54) is 0 Å². The van der Waals surface area contributed by atoms with E-state index >= 15 is 0 Å². The lowest BCUT2D eigenvalue weighted by molar-refractivity contribution is 0.392. The zero-order valence-electron chi connectivity index (χ0n) is 12.9. The van der Waals surface area contributed by atoms with Gasteiger partial charge in [-0.25, -0.2) is 4.98 Å². The number of fused-ring (bicyclic) bond motifs is 1. The lowest BCUT2D eigenvalue weighted by atomic mass is 10.1. The lowest BCUT2D eigenvalue weighted by Gasteiger charge is -2.10. The maximum Gasteiger partial charge on any atom is 0.230 e. The molecular weight excluding hydrogens is 304 g/mol. The minimum atomic E-state index is 0.421. The Morgan fingerprint density at radius 3 is 2.75 bits per heavy atom. The fourth-order valence-electron chi connectivity index (χ4n) is 2.56. The SMILES string of the molecule is COc1nc(Nc2cccc3ccccc23)ncc1-c1ccno1. The number of ether oxygens (including phenoxy) is 1. The lowest BCUT2D eigenvalue weighted by Crippen LogP contribution is -2.00. The Morgan fingerprint density at radius 2 is 1.92 bits per heavy atom. The topological polar surface area (TPSA) is 73.1 Å². The summed E-state index contributed by atoms with van der Waals surface area (Å²) in [7, 11) is 1.56. The first-order valence-electron chi connectivity index (χ1n) is 7.42. The molecule has 6 nitrogen and oxygen atoms in total. The van der Waals surface area contributed by atoms with Crippen molar-refractivity contribution in [2.45, 2.75) is 0 Å². The predicted octanol–water partition coefficient (Wildman–Crippen LogP) is 4.04. The van der Waals surface area contributed by atoms with Gasteiger partial charge >= 0.3 is 0 Å². The molecule has 4 rings (SSSR count). The van der Waals surface area contributed by atoms with Crippen molar-refractivity contribution in [3.8, 4) is 17.2 Å². The van der Waals surface area contributed by atoms with E-state index in [-0.39, 0.29) is 0 Å². The van der Waals surface area contributed by atoms with Crippen LogP contribution in [0.5, 0.6) is 5.88 Å². The van der Waals surface area contributed by atoms with Crippen LogP contribution in [0.1, 0.15) is 0 Å².